The van der Waals surface area contributed by atoms with Crippen molar-refractivity contribution in [2.24, 2.45) is 0 Å². The number of hydrogen-bond acceptors (Lipinski definition) is 6. The molecule has 228 valence electrons. The number of carbonyl (C=O) groups is 4. The van der Waals surface area contributed by atoms with E-state index in [0.717, 1.165) is 4.90 Å². The van der Waals surface area contributed by atoms with Gasteiger partial charge in [0, 0.05) is 47.3 Å². The van der Waals surface area contributed by atoms with Crippen molar-refractivity contribution in [2.45, 2.75) is 26.4 Å². The third-order valence-corrected chi connectivity index (χ3v) is 6.27. The van der Waals surface area contributed by atoms with E-state index in [0.29, 0.717) is 27.1 Å². The minimum atomic E-state index is -0.751. The van der Waals surface area contributed by atoms with Gasteiger partial charge in [-0.25, -0.2) is 4.79 Å². The van der Waals surface area contributed by atoms with Crippen molar-refractivity contribution < 1.29 is 28.7 Å². The lowest BCUT2D eigenvalue weighted by Gasteiger charge is -2.29. The van der Waals surface area contributed by atoms with Gasteiger partial charge in [-0.15, -0.1) is 0 Å². The molecular weight excluding hydrogens is 595 g/mol. The molecule has 12 heteroatoms. The second kappa shape index (κ2) is 14.8. The predicted molar refractivity (Wildman–Crippen MR) is 168 cm³/mol. The second-order valence-corrected chi connectivity index (χ2v) is 11.5. The fourth-order valence-corrected chi connectivity index (χ4v) is 4.29. The molecule has 0 aliphatic carbocycles. The van der Waals surface area contributed by atoms with Gasteiger partial charge in [-0.2, -0.15) is 0 Å². The highest BCUT2D eigenvalue weighted by Gasteiger charge is 2.27. The number of amides is 4. The van der Waals surface area contributed by atoms with Gasteiger partial charge in [-0.1, -0.05) is 47.5 Å². The van der Waals surface area contributed by atoms with Gasteiger partial charge in [0.15, 0.2) is 6.61 Å². The van der Waals surface area contributed by atoms with Gasteiger partial charge in [0.25, 0.3) is 5.91 Å². The maximum Gasteiger partial charge on any atom is 0.410 e. The van der Waals surface area contributed by atoms with Crippen molar-refractivity contribution in [1.82, 2.24) is 4.90 Å². The van der Waals surface area contributed by atoms with Crippen LogP contribution >= 0.6 is 23.2 Å². The Morgan fingerprint density at radius 1 is 0.791 bits per heavy atom. The van der Waals surface area contributed by atoms with Crippen LogP contribution in [0.3, 0.4) is 0 Å². The number of nitrogens with zero attached hydrogens (tertiary/aromatic N) is 3. The van der Waals surface area contributed by atoms with Crippen LogP contribution in [0.4, 0.5) is 21.9 Å². The summed E-state index contributed by atoms with van der Waals surface area (Å²) in [7, 11) is 3.05. The molecule has 0 heterocycles. The predicted octanol–water partition coefficient (Wildman–Crippen LogP) is 5.87. The summed E-state index contributed by atoms with van der Waals surface area (Å²) in [6.07, 6.45) is -0.683. The largest absolute Gasteiger partial charge is 0.484 e. The number of halogens is 2. The second-order valence-electron chi connectivity index (χ2n) is 10.6. The van der Waals surface area contributed by atoms with E-state index in [1.807, 2.05) is 6.07 Å². The molecule has 3 aromatic carbocycles. The molecule has 4 amide bonds. The maximum atomic E-state index is 13.5. The number of anilines is 3. The molecule has 0 unspecified atom stereocenters. The number of hydrogen-bond donors (Lipinski definition) is 1. The van der Waals surface area contributed by atoms with Gasteiger partial charge in [0.05, 0.1) is 0 Å². The molecule has 0 saturated carbocycles. The van der Waals surface area contributed by atoms with Gasteiger partial charge in [-0.3, -0.25) is 14.4 Å². The first-order chi connectivity index (χ1) is 20.2. The Morgan fingerprint density at radius 3 is 2.05 bits per heavy atom. The van der Waals surface area contributed by atoms with Crippen molar-refractivity contribution in [2.75, 3.05) is 48.9 Å². The summed E-state index contributed by atoms with van der Waals surface area (Å²) in [5, 5.41) is 3.39. The van der Waals surface area contributed by atoms with E-state index >= 15 is 0 Å². The summed E-state index contributed by atoms with van der Waals surface area (Å²) < 4.78 is 11.0. The number of benzene rings is 3. The van der Waals surface area contributed by atoms with Gasteiger partial charge < -0.3 is 29.5 Å². The first kappa shape index (κ1) is 33.2. The van der Waals surface area contributed by atoms with Crippen LogP contribution < -0.4 is 19.9 Å². The lowest BCUT2D eigenvalue weighted by atomic mass is 10.2. The SMILES string of the molecule is CN(CC(=O)N(CC(=O)N(C)c1ccccc1)c1cccc(OCC(=O)Nc2cc(Cl)cc(Cl)c2)c1)C(=O)OC(C)(C)C. The number of ether oxygens (including phenoxy) is 2. The average molecular weight is 630 g/mol. The molecule has 1 N–H and O–H groups in total. The summed E-state index contributed by atoms with van der Waals surface area (Å²) in [5.41, 5.74) is 0.637. The molecule has 0 atom stereocenters. The zero-order valence-corrected chi connectivity index (χ0v) is 26.1. The first-order valence-electron chi connectivity index (χ1n) is 13.3. The van der Waals surface area contributed by atoms with Crippen LogP contribution in [0.1, 0.15) is 20.8 Å². The van der Waals surface area contributed by atoms with E-state index in [1.54, 1.807) is 88.5 Å². The van der Waals surface area contributed by atoms with E-state index in [4.69, 9.17) is 32.7 Å². The minimum Gasteiger partial charge on any atom is -0.484 e. The summed E-state index contributed by atoms with van der Waals surface area (Å²) in [6, 6.07) is 20.0. The lowest BCUT2D eigenvalue weighted by molar-refractivity contribution is -0.123. The zero-order valence-electron chi connectivity index (χ0n) is 24.6. The molecule has 0 spiro atoms. The van der Waals surface area contributed by atoms with Crippen molar-refractivity contribution in [3.63, 3.8) is 0 Å². The van der Waals surface area contributed by atoms with Crippen molar-refractivity contribution in [3.05, 3.63) is 82.8 Å². The van der Waals surface area contributed by atoms with Gasteiger partial charge in [0.1, 0.15) is 24.4 Å². The number of nitrogens with one attached hydrogen (secondary N) is 1. The number of carbonyl (C=O) groups excluding carboxylic acids is 4. The van der Waals surface area contributed by atoms with Gasteiger partial charge in [-0.05, 0) is 63.2 Å². The topological polar surface area (TPSA) is 108 Å². The maximum absolute atomic E-state index is 13.5. The third kappa shape index (κ3) is 10.5. The van der Waals surface area contributed by atoms with Crippen LogP contribution in [-0.4, -0.2) is 68.1 Å². The smallest absolute Gasteiger partial charge is 0.410 e. The Labute approximate surface area is 261 Å². The lowest BCUT2D eigenvalue weighted by Crippen LogP contribution is -2.47. The normalized spacial score (nSPS) is 10.9. The minimum absolute atomic E-state index is 0.277. The molecule has 0 saturated heterocycles. The summed E-state index contributed by atoms with van der Waals surface area (Å²) in [5.74, 6) is -1.09. The Balaban J connectivity index is 1.78. The van der Waals surface area contributed by atoms with Crippen LogP contribution in [0.2, 0.25) is 10.0 Å². The van der Waals surface area contributed by atoms with E-state index in [9.17, 15) is 19.2 Å². The molecule has 10 nitrogen and oxygen atoms in total. The van der Waals surface area contributed by atoms with Crippen LogP contribution in [0.25, 0.3) is 0 Å². The molecule has 0 aliphatic heterocycles. The Bertz CT molecular complexity index is 1440. The monoisotopic (exact) mass is 628 g/mol. The molecular formula is C31H34Cl2N4O6. The summed E-state index contributed by atoms with van der Waals surface area (Å²) in [6.45, 7) is 4.14. The quantitative estimate of drug-likeness (QED) is 0.301. The van der Waals surface area contributed by atoms with Crippen LogP contribution in [0, 0.1) is 0 Å². The van der Waals surface area contributed by atoms with Gasteiger partial charge in [0.2, 0.25) is 11.8 Å². The highest BCUT2D eigenvalue weighted by atomic mass is 35.5. The highest BCUT2D eigenvalue weighted by Crippen LogP contribution is 2.24. The fraction of sp³-hybridized carbons (Fsp3) is 0.290. The summed E-state index contributed by atoms with van der Waals surface area (Å²) in [4.78, 5) is 55.7. The third-order valence-electron chi connectivity index (χ3n) is 5.84. The van der Waals surface area contributed by atoms with Crippen molar-refractivity contribution >= 4 is 64.1 Å². The van der Waals surface area contributed by atoms with Gasteiger partial charge >= 0.3 is 6.09 Å². The fourth-order valence-electron chi connectivity index (χ4n) is 3.77. The number of para-hydroxylation sites is 1. The van der Waals surface area contributed by atoms with Crippen molar-refractivity contribution in [1.29, 1.82) is 0 Å². The van der Waals surface area contributed by atoms with E-state index in [1.165, 1.54) is 22.9 Å². The van der Waals surface area contributed by atoms with Crippen LogP contribution in [0.15, 0.2) is 72.8 Å². The van der Waals surface area contributed by atoms with Crippen molar-refractivity contribution in [3.8, 4) is 5.75 Å². The van der Waals surface area contributed by atoms with E-state index in [-0.39, 0.29) is 31.4 Å². The molecule has 0 bridgehead atoms. The number of rotatable bonds is 10. The Hall–Kier alpha value is -4.28. The standard InChI is InChI=1S/C31H34Cl2N4O6/c1-31(2,3)43-30(41)35(4)18-29(40)37(19-28(39)36(5)24-10-7-6-8-11-24)25-12-9-13-26(17-25)42-20-27(38)34-23-15-21(32)14-22(33)16-23/h6-17H,18-20H2,1-5H3,(H,34,38). The number of likely N-dealkylation sites (N-methyl/N-ethyl adjacent to an activating group) is 2. The molecule has 0 fully saturated rings. The first-order valence-corrected chi connectivity index (χ1v) is 14.0. The summed E-state index contributed by atoms with van der Waals surface area (Å²) >= 11 is 12.0. The molecule has 43 heavy (non-hydrogen) atoms. The zero-order chi connectivity index (χ0) is 31.7. The molecule has 0 radical (unpaired) electrons. The van der Waals surface area contributed by atoms with E-state index in [2.05, 4.69) is 5.32 Å². The van der Waals surface area contributed by atoms with Crippen LogP contribution in [0.5, 0.6) is 5.75 Å². The average Bonchev–Trinajstić information content (AvgIpc) is 2.93. The molecule has 3 rings (SSSR count). The van der Waals surface area contributed by atoms with Crippen LogP contribution in [-0.2, 0) is 19.1 Å². The van der Waals surface area contributed by atoms with E-state index < -0.39 is 23.5 Å². The molecule has 3 aromatic rings. The molecule has 0 aliphatic rings. The Morgan fingerprint density at radius 2 is 1.42 bits per heavy atom. The molecule has 0 aromatic heterocycles. The highest BCUT2D eigenvalue weighted by molar-refractivity contribution is 6.35. The Kier molecular flexibility index (Phi) is 11.4.